The zero-order valence-electron chi connectivity index (χ0n) is 22.7. The van der Waals surface area contributed by atoms with Crippen molar-refractivity contribution in [1.82, 2.24) is 6.15 Å². The molecular weight excluding hydrogens is 447 g/mol. The maximum atomic E-state index is 9.70. The van der Waals surface area contributed by atoms with Crippen LogP contribution in [0.25, 0.3) is 0 Å². The lowest BCUT2D eigenvalue weighted by Crippen LogP contribution is -2.39. The SMILES string of the molecule is CCCCCCCCCCCCCCCC[N+](C)(C)Cc1ccccc1.CCOP(=O)(O)O.N. The molecule has 0 spiro atoms. The Morgan fingerprint density at radius 3 is 1.50 bits per heavy atom. The summed E-state index contributed by atoms with van der Waals surface area (Å²) in [6.45, 7) is 6.31. The minimum Gasteiger partial charge on any atom is -0.344 e. The molecular formula is C27H56N2O4P+. The lowest BCUT2D eigenvalue weighted by atomic mass is 10.0. The van der Waals surface area contributed by atoms with Crippen molar-refractivity contribution in [1.29, 1.82) is 0 Å². The van der Waals surface area contributed by atoms with E-state index in [1.165, 1.54) is 109 Å². The van der Waals surface area contributed by atoms with Crippen molar-refractivity contribution in [3.8, 4) is 0 Å². The van der Waals surface area contributed by atoms with Gasteiger partial charge in [-0.25, -0.2) is 4.57 Å². The van der Waals surface area contributed by atoms with Gasteiger partial charge < -0.3 is 20.4 Å². The third kappa shape index (κ3) is 25.9. The van der Waals surface area contributed by atoms with Crippen molar-refractivity contribution in [3.05, 3.63) is 35.9 Å². The summed E-state index contributed by atoms with van der Waals surface area (Å²) in [5.41, 5.74) is 1.46. The van der Waals surface area contributed by atoms with Crippen LogP contribution in [0.15, 0.2) is 30.3 Å². The predicted molar refractivity (Wildman–Crippen MR) is 146 cm³/mol. The second kappa shape index (κ2) is 22.7. The van der Waals surface area contributed by atoms with Gasteiger partial charge >= 0.3 is 7.82 Å². The van der Waals surface area contributed by atoms with Gasteiger partial charge in [-0.1, -0.05) is 114 Å². The fourth-order valence-corrected chi connectivity index (χ4v) is 4.40. The van der Waals surface area contributed by atoms with E-state index in [9.17, 15) is 4.57 Å². The number of phosphoric ester groups is 1. The highest BCUT2D eigenvalue weighted by Crippen LogP contribution is 2.34. The average Bonchev–Trinajstić information content (AvgIpc) is 2.74. The Hall–Kier alpha value is -0.750. The van der Waals surface area contributed by atoms with E-state index in [0.29, 0.717) is 0 Å². The molecule has 0 saturated heterocycles. The van der Waals surface area contributed by atoms with Crippen LogP contribution in [-0.4, -0.2) is 41.5 Å². The molecule has 0 atom stereocenters. The van der Waals surface area contributed by atoms with E-state index in [1.807, 2.05) is 0 Å². The van der Waals surface area contributed by atoms with Gasteiger partial charge in [0.15, 0.2) is 0 Å². The molecule has 0 saturated carbocycles. The molecule has 0 heterocycles. The van der Waals surface area contributed by atoms with E-state index in [-0.39, 0.29) is 12.8 Å². The molecule has 0 fully saturated rings. The van der Waals surface area contributed by atoms with Crippen LogP contribution in [0.1, 0.15) is 109 Å². The van der Waals surface area contributed by atoms with E-state index in [4.69, 9.17) is 9.79 Å². The van der Waals surface area contributed by atoms with Gasteiger partial charge in [0.05, 0.1) is 27.2 Å². The maximum Gasteiger partial charge on any atom is 0.469 e. The highest BCUT2D eigenvalue weighted by molar-refractivity contribution is 7.46. The van der Waals surface area contributed by atoms with Crippen LogP contribution in [0.5, 0.6) is 0 Å². The molecule has 202 valence electrons. The van der Waals surface area contributed by atoms with Crippen molar-refractivity contribution >= 4 is 7.82 Å². The molecule has 6 nitrogen and oxygen atoms in total. The molecule has 0 aliphatic rings. The van der Waals surface area contributed by atoms with Gasteiger partial charge in [-0.15, -0.1) is 0 Å². The summed E-state index contributed by atoms with van der Waals surface area (Å²) in [7, 11) is 0.575. The first-order valence-corrected chi connectivity index (χ1v) is 14.8. The first-order chi connectivity index (χ1) is 15.7. The number of benzene rings is 1. The highest BCUT2D eigenvalue weighted by atomic mass is 31.2. The Morgan fingerprint density at radius 2 is 1.15 bits per heavy atom. The van der Waals surface area contributed by atoms with Crippen LogP contribution in [0, 0.1) is 0 Å². The first-order valence-electron chi connectivity index (χ1n) is 13.3. The molecule has 1 rings (SSSR count). The summed E-state index contributed by atoms with van der Waals surface area (Å²) >= 11 is 0. The van der Waals surface area contributed by atoms with Crippen LogP contribution < -0.4 is 6.15 Å². The third-order valence-electron chi connectivity index (χ3n) is 5.87. The van der Waals surface area contributed by atoms with Gasteiger partial charge in [-0.2, -0.15) is 0 Å². The molecule has 0 radical (unpaired) electrons. The molecule has 0 aliphatic carbocycles. The molecule has 5 N–H and O–H groups in total. The van der Waals surface area contributed by atoms with Gasteiger partial charge in [-0.3, -0.25) is 4.52 Å². The predicted octanol–water partition coefficient (Wildman–Crippen LogP) is 8.02. The smallest absolute Gasteiger partial charge is 0.344 e. The number of hydrogen-bond donors (Lipinski definition) is 3. The normalized spacial score (nSPS) is 11.5. The summed E-state index contributed by atoms with van der Waals surface area (Å²) in [5.74, 6) is 0. The summed E-state index contributed by atoms with van der Waals surface area (Å²) in [6.07, 6.45) is 20.2. The largest absolute Gasteiger partial charge is 0.469 e. The molecule has 1 aromatic carbocycles. The number of nitrogens with zero attached hydrogens (tertiary/aromatic N) is 1. The molecule has 0 aliphatic heterocycles. The molecule has 0 unspecified atom stereocenters. The monoisotopic (exact) mass is 503 g/mol. The Labute approximate surface area is 210 Å². The lowest BCUT2D eigenvalue weighted by Gasteiger charge is -2.30. The number of phosphoric acid groups is 1. The third-order valence-corrected chi connectivity index (χ3v) is 6.46. The lowest BCUT2D eigenvalue weighted by molar-refractivity contribution is -0.903. The molecule has 1 aromatic rings. The van der Waals surface area contributed by atoms with E-state index in [2.05, 4.69) is 55.9 Å². The summed E-state index contributed by atoms with van der Waals surface area (Å²) in [5, 5.41) is 0. The van der Waals surface area contributed by atoms with Gasteiger partial charge in [0.2, 0.25) is 0 Å². The Morgan fingerprint density at radius 1 is 0.735 bits per heavy atom. The average molecular weight is 504 g/mol. The Balaban J connectivity index is 0. The van der Waals surface area contributed by atoms with Crippen LogP contribution in [0.2, 0.25) is 0 Å². The van der Waals surface area contributed by atoms with E-state index in [1.54, 1.807) is 0 Å². The second-order valence-corrected chi connectivity index (χ2v) is 11.0. The molecule has 0 bridgehead atoms. The van der Waals surface area contributed by atoms with Gasteiger partial charge in [0.1, 0.15) is 6.54 Å². The second-order valence-electron chi connectivity index (χ2n) is 9.81. The summed E-state index contributed by atoms with van der Waals surface area (Å²) < 4.78 is 14.7. The summed E-state index contributed by atoms with van der Waals surface area (Å²) in [4.78, 5) is 15.8. The molecule has 7 heteroatoms. The van der Waals surface area contributed by atoms with Gasteiger partial charge in [-0.05, 0) is 19.8 Å². The van der Waals surface area contributed by atoms with Crippen LogP contribution in [-0.2, 0) is 15.6 Å². The maximum absolute atomic E-state index is 9.70. The minimum atomic E-state index is -4.17. The number of quaternary nitrogens is 1. The number of rotatable bonds is 19. The molecule has 0 amide bonds. The van der Waals surface area contributed by atoms with Crippen molar-refractivity contribution in [2.24, 2.45) is 0 Å². The van der Waals surface area contributed by atoms with Crippen molar-refractivity contribution in [3.63, 3.8) is 0 Å². The Kier molecular flexibility index (Phi) is 23.6. The van der Waals surface area contributed by atoms with Crippen LogP contribution in [0.3, 0.4) is 0 Å². The van der Waals surface area contributed by atoms with Crippen molar-refractivity contribution < 1.29 is 23.4 Å². The van der Waals surface area contributed by atoms with Gasteiger partial charge in [0, 0.05) is 5.56 Å². The topological polar surface area (TPSA) is 102 Å². The number of hydrogen-bond acceptors (Lipinski definition) is 3. The van der Waals surface area contributed by atoms with Crippen molar-refractivity contribution in [2.45, 2.75) is 110 Å². The highest BCUT2D eigenvalue weighted by Gasteiger charge is 2.14. The summed E-state index contributed by atoms with van der Waals surface area (Å²) in [6, 6.07) is 10.9. The zero-order valence-corrected chi connectivity index (χ0v) is 23.6. The van der Waals surface area contributed by atoms with Crippen molar-refractivity contribution in [2.75, 3.05) is 27.2 Å². The van der Waals surface area contributed by atoms with E-state index in [0.717, 1.165) is 11.0 Å². The zero-order chi connectivity index (χ0) is 24.8. The first kappa shape index (κ1) is 35.4. The quantitative estimate of drug-likeness (QED) is 0.101. The fraction of sp³-hybridized carbons (Fsp3) is 0.778. The fourth-order valence-electron chi connectivity index (χ4n) is 4.06. The number of unbranched alkanes of at least 4 members (excludes halogenated alkanes) is 13. The van der Waals surface area contributed by atoms with E-state index >= 15 is 0 Å². The molecule has 0 aromatic heterocycles. The van der Waals surface area contributed by atoms with Crippen LogP contribution in [0.4, 0.5) is 0 Å². The van der Waals surface area contributed by atoms with Gasteiger partial charge in [0.25, 0.3) is 0 Å². The standard InChI is InChI=1S/C25H46N.C2H7O4P.H3N/c1-4-5-6-7-8-9-10-11-12-13-14-15-16-20-23-26(2,3)24-25-21-18-17-19-22-25;1-2-6-7(3,4)5;/h17-19,21-22H,4-16,20,23-24H2,1-3H3;2H2,1H3,(H2,3,4,5);1H3/q+1;;. The minimum absolute atomic E-state index is 0. The Bertz CT molecular complexity index is 594. The molecule has 34 heavy (non-hydrogen) atoms. The van der Waals surface area contributed by atoms with E-state index < -0.39 is 7.82 Å². The van der Waals surface area contributed by atoms with Crippen LogP contribution >= 0.6 is 7.82 Å².